The van der Waals surface area contributed by atoms with Crippen LogP contribution in [-0.4, -0.2) is 5.11 Å². The van der Waals surface area contributed by atoms with Crippen molar-refractivity contribution in [3.8, 4) is 0 Å². The Hall–Kier alpha value is -1.03. The number of benzene rings is 1. The summed E-state index contributed by atoms with van der Waals surface area (Å²) in [5.41, 5.74) is -0.330. The molecule has 1 unspecified atom stereocenters. The molecule has 0 fully saturated rings. The van der Waals surface area contributed by atoms with Gasteiger partial charge in [0.1, 0.15) is 0 Å². The fourth-order valence-electron chi connectivity index (χ4n) is 0.764. The Bertz CT molecular complexity index is 310. The van der Waals surface area contributed by atoms with E-state index in [1.807, 2.05) is 0 Å². The van der Waals surface area contributed by atoms with Crippen molar-refractivity contribution < 1.29 is 19.6 Å². The first kappa shape index (κ1) is 7.61. The maximum absolute atomic E-state index is 12.6. The maximum Gasteiger partial charge on any atom is 0.194 e. The van der Waals surface area contributed by atoms with Gasteiger partial charge in [-0.2, -0.15) is 0 Å². The molecule has 0 saturated heterocycles. The normalized spacial score (nSPS) is 16.9. The molecular weight excluding hydrogens is 169 g/mol. The van der Waals surface area contributed by atoms with Gasteiger partial charge >= 0.3 is 0 Å². The molecule has 0 heterocycles. The molecule has 0 spiro atoms. The zero-order valence-corrected chi connectivity index (χ0v) is 6.24. The number of halogens is 3. The van der Waals surface area contributed by atoms with Crippen LogP contribution in [0.5, 0.6) is 0 Å². The highest BCUT2D eigenvalue weighted by atomic mass is 19.2. The molecule has 1 atom stereocenters. The topological polar surface area (TPSA) is 20.2 Å². The Kier molecular flexibility index (Phi) is 1.99. The molecule has 1 aromatic carbocycles. The third-order valence-electron chi connectivity index (χ3n) is 1.40. The van der Waals surface area contributed by atoms with Gasteiger partial charge in [-0.15, -0.1) is 0 Å². The van der Waals surface area contributed by atoms with E-state index < -0.39 is 23.5 Å². The second-order valence-electron chi connectivity index (χ2n) is 2.34. The molecule has 4 heteroatoms. The first-order chi connectivity index (χ1) is 5.82. The fraction of sp³-hybridized carbons (Fsp3) is 0.250. The van der Waals surface area contributed by atoms with Crippen LogP contribution in [0.1, 0.15) is 19.9 Å². The molecule has 0 aromatic heterocycles. The molecular formula is C8H7F3O. The highest BCUT2D eigenvalue weighted by Gasteiger charge is 2.12. The van der Waals surface area contributed by atoms with Crippen LogP contribution in [0.4, 0.5) is 13.2 Å². The summed E-state index contributed by atoms with van der Waals surface area (Å²) < 4.78 is 44.6. The van der Waals surface area contributed by atoms with Crippen molar-refractivity contribution in [3.05, 3.63) is 35.1 Å². The standard InChI is InChI=1S/C8H7F3O/c1-4(12)5-2-6(9)8(11)7(10)3-5/h2-4,12H,1H3/i4D. The highest BCUT2D eigenvalue weighted by molar-refractivity contribution is 5.20. The van der Waals surface area contributed by atoms with Crippen molar-refractivity contribution in [2.24, 2.45) is 0 Å². The maximum atomic E-state index is 12.6. The van der Waals surface area contributed by atoms with E-state index in [4.69, 9.17) is 6.48 Å². The monoisotopic (exact) mass is 177 g/mol. The molecule has 0 radical (unpaired) electrons. The van der Waals surface area contributed by atoms with Crippen LogP contribution in [0.15, 0.2) is 12.1 Å². The summed E-state index contributed by atoms with van der Waals surface area (Å²) in [6, 6.07) is 1.18. The van der Waals surface area contributed by atoms with Crippen LogP contribution in [0.3, 0.4) is 0 Å². The van der Waals surface area contributed by atoms with Gasteiger partial charge < -0.3 is 5.11 Å². The molecule has 1 rings (SSSR count). The van der Waals surface area contributed by atoms with Gasteiger partial charge in [0.25, 0.3) is 0 Å². The molecule has 0 aliphatic rings. The average Bonchev–Trinajstić information content (AvgIpc) is 1.97. The minimum atomic E-state index is -2.13. The second kappa shape index (κ2) is 3.15. The Balaban J connectivity index is 3.29. The average molecular weight is 177 g/mol. The quantitative estimate of drug-likeness (QED) is 0.651. The van der Waals surface area contributed by atoms with Crippen molar-refractivity contribution in [1.82, 2.24) is 0 Å². The summed E-state index contributed by atoms with van der Waals surface area (Å²) in [6.07, 6.45) is -2.13. The molecule has 12 heavy (non-hydrogen) atoms. The van der Waals surface area contributed by atoms with Crippen LogP contribution in [-0.2, 0) is 0 Å². The lowest BCUT2D eigenvalue weighted by molar-refractivity contribution is 0.197. The van der Waals surface area contributed by atoms with Crippen molar-refractivity contribution in [3.63, 3.8) is 0 Å². The van der Waals surface area contributed by atoms with E-state index in [2.05, 4.69) is 0 Å². The Morgan fingerprint density at radius 2 is 1.75 bits per heavy atom. The summed E-state index contributed by atoms with van der Waals surface area (Å²) in [6.45, 7) is 1.03. The van der Waals surface area contributed by atoms with Gasteiger partial charge in [-0.3, -0.25) is 0 Å². The Morgan fingerprint density at radius 3 is 2.08 bits per heavy atom. The van der Waals surface area contributed by atoms with Gasteiger partial charge in [-0.05, 0) is 24.6 Å². The van der Waals surface area contributed by atoms with Gasteiger partial charge in [0.05, 0.1) is 7.45 Å². The molecule has 0 aliphatic carbocycles. The first-order valence-electron chi connectivity index (χ1n) is 3.70. The van der Waals surface area contributed by atoms with Crippen molar-refractivity contribution >= 4 is 0 Å². The van der Waals surface area contributed by atoms with Gasteiger partial charge in [0.2, 0.25) is 0 Å². The lowest BCUT2D eigenvalue weighted by Gasteiger charge is -2.04. The zero-order valence-electron chi connectivity index (χ0n) is 7.24. The number of hydrogen-bond acceptors (Lipinski definition) is 1. The number of hydrogen-bond donors (Lipinski definition) is 1. The predicted octanol–water partition coefficient (Wildman–Crippen LogP) is 2.16. The molecule has 0 amide bonds. The van der Waals surface area contributed by atoms with E-state index >= 15 is 0 Å². The van der Waals surface area contributed by atoms with Crippen molar-refractivity contribution in [2.75, 3.05) is 0 Å². The lowest BCUT2D eigenvalue weighted by Crippen LogP contribution is -1.97. The van der Waals surface area contributed by atoms with Crippen LogP contribution in [0.25, 0.3) is 0 Å². The SMILES string of the molecule is [2H]C(C)(O)c1cc(F)c(F)c(F)c1. The molecule has 1 N–H and O–H groups in total. The van der Waals surface area contributed by atoms with Gasteiger partial charge in [0, 0.05) is 0 Å². The van der Waals surface area contributed by atoms with E-state index in [0.29, 0.717) is 12.1 Å². The first-order valence-corrected chi connectivity index (χ1v) is 3.20. The summed E-state index contributed by atoms with van der Waals surface area (Å²) in [7, 11) is 0. The smallest absolute Gasteiger partial charge is 0.194 e. The van der Waals surface area contributed by atoms with Crippen LogP contribution in [0.2, 0.25) is 0 Å². The van der Waals surface area contributed by atoms with Crippen LogP contribution >= 0.6 is 0 Å². The summed E-state index contributed by atoms with van der Waals surface area (Å²) in [5, 5.41) is 9.04. The third kappa shape index (κ3) is 1.58. The molecule has 0 aliphatic heterocycles. The van der Waals surface area contributed by atoms with Gasteiger partial charge in [0.15, 0.2) is 17.5 Å². The van der Waals surface area contributed by atoms with Crippen molar-refractivity contribution in [2.45, 2.75) is 13.0 Å². The minimum absolute atomic E-state index is 0.330. The highest BCUT2D eigenvalue weighted by Crippen LogP contribution is 2.18. The summed E-state index contributed by atoms with van der Waals surface area (Å²) in [4.78, 5) is 0. The van der Waals surface area contributed by atoms with E-state index in [-0.39, 0.29) is 5.56 Å². The van der Waals surface area contributed by atoms with Crippen LogP contribution < -0.4 is 0 Å². The third-order valence-corrected chi connectivity index (χ3v) is 1.40. The Labute approximate surface area is 68.9 Å². The van der Waals surface area contributed by atoms with E-state index in [9.17, 15) is 13.2 Å². The molecule has 0 saturated carbocycles. The van der Waals surface area contributed by atoms with Crippen LogP contribution in [0, 0.1) is 17.5 Å². The van der Waals surface area contributed by atoms with E-state index in [0.717, 1.165) is 6.92 Å². The lowest BCUT2D eigenvalue weighted by atomic mass is 10.1. The van der Waals surface area contributed by atoms with E-state index in [1.165, 1.54) is 0 Å². The number of aliphatic hydroxyl groups is 1. The summed E-state index contributed by atoms with van der Waals surface area (Å²) in [5.74, 6) is -4.43. The minimum Gasteiger partial charge on any atom is -0.389 e. The van der Waals surface area contributed by atoms with E-state index in [1.54, 1.807) is 0 Å². The summed E-state index contributed by atoms with van der Waals surface area (Å²) >= 11 is 0. The fourth-order valence-corrected chi connectivity index (χ4v) is 0.764. The van der Waals surface area contributed by atoms with Crippen molar-refractivity contribution in [1.29, 1.82) is 0 Å². The molecule has 0 bridgehead atoms. The zero-order chi connectivity index (χ0) is 10.2. The largest absolute Gasteiger partial charge is 0.389 e. The van der Waals surface area contributed by atoms with Gasteiger partial charge in [-0.25, -0.2) is 13.2 Å². The molecule has 1 aromatic rings. The predicted molar refractivity (Wildman–Crippen MR) is 36.9 cm³/mol. The molecule has 1 nitrogen and oxygen atoms in total. The van der Waals surface area contributed by atoms with Gasteiger partial charge in [-0.1, -0.05) is 0 Å². The Morgan fingerprint density at radius 1 is 1.33 bits per heavy atom. The second-order valence-corrected chi connectivity index (χ2v) is 2.34. The number of rotatable bonds is 1. The molecule has 66 valence electrons.